The summed E-state index contributed by atoms with van der Waals surface area (Å²) in [6.45, 7) is 8.32. The lowest BCUT2D eigenvalue weighted by molar-refractivity contribution is -0.127. The Morgan fingerprint density at radius 1 is 1.53 bits per heavy atom. The van der Waals surface area contributed by atoms with Crippen LogP contribution in [0.25, 0.3) is 0 Å². The van der Waals surface area contributed by atoms with E-state index < -0.39 is 0 Å². The van der Waals surface area contributed by atoms with Gasteiger partial charge in [-0.15, -0.1) is 10.2 Å². The van der Waals surface area contributed by atoms with Crippen molar-refractivity contribution in [2.75, 3.05) is 0 Å². The fraction of sp³-hybridized carbons (Fsp3) is 0.778. The third-order valence-electron chi connectivity index (χ3n) is 2.50. The fourth-order valence-corrected chi connectivity index (χ4v) is 0.970. The number of carbonyl (C=O) groups is 1. The van der Waals surface area contributed by atoms with Crippen molar-refractivity contribution in [2.24, 2.45) is 11.3 Å². The Hall–Kier alpha value is -1.46. The third-order valence-corrected chi connectivity index (χ3v) is 2.50. The van der Waals surface area contributed by atoms with Crippen LogP contribution in [0.4, 0.5) is 0 Å². The van der Waals surface area contributed by atoms with Gasteiger partial charge in [0.1, 0.15) is 0 Å². The molecule has 1 atom stereocenters. The second-order valence-corrected chi connectivity index (χ2v) is 4.63. The van der Waals surface area contributed by atoms with Crippen molar-refractivity contribution in [3.05, 3.63) is 5.82 Å². The summed E-state index contributed by atoms with van der Waals surface area (Å²) in [7, 11) is 0. The van der Waals surface area contributed by atoms with Crippen LogP contribution < -0.4 is 5.32 Å². The Balaban J connectivity index is 2.43. The van der Waals surface area contributed by atoms with Gasteiger partial charge in [0.2, 0.25) is 5.91 Å². The molecule has 6 nitrogen and oxygen atoms in total. The van der Waals surface area contributed by atoms with E-state index in [-0.39, 0.29) is 17.2 Å². The largest absolute Gasteiger partial charge is 0.348 e. The molecule has 0 aliphatic carbocycles. The zero-order valence-corrected chi connectivity index (χ0v) is 9.53. The molecule has 1 unspecified atom stereocenters. The molecule has 6 heteroatoms. The molecule has 0 aromatic carbocycles. The number of hydrogen-bond donors (Lipinski definition) is 2. The number of H-pyrrole nitrogens is 1. The van der Waals surface area contributed by atoms with Gasteiger partial charge in [-0.2, -0.15) is 5.21 Å². The Labute approximate surface area is 88.8 Å². The van der Waals surface area contributed by atoms with Gasteiger partial charge in [-0.25, -0.2) is 0 Å². The van der Waals surface area contributed by atoms with Crippen molar-refractivity contribution in [1.82, 2.24) is 25.9 Å². The fourth-order valence-electron chi connectivity index (χ4n) is 0.970. The van der Waals surface area contributed by atoms with Gasteiger partial charge in [0.05, 0.1) is 6.54 Å². The number of amides is 1. The van der Waals surface area contributed by atoms with Crippen LogP contribution in [0.5, 0.6) is 0 Å². The van der Waals surface area contributed by atoms with Gasteiger partial charge in [-0.1, -0.05) is 32.9 Å². The van der Waals surface area contributed by atoms with Crippen molar-refractivity contribution >= 4 is 5.91 Å². The lowest BCUT2D eigenvalue weighted by atomic mass is 9.81. The van der Waals surface area contributed by atoms with Crippen molar-refractivity contribution in [3.8, 4) is 0 Å². The Kier molecular flexibility index (Phi) is 3.39. The summed E-state index contributed by atoms with van der Waals surface area (Å²) >= 11 is 0. The van der Waals surface area contributed by atoms with Crippen LogP contribution in [0.2, 0.25) is 0 Å². The minimum absolute atomic E-state index is 0.00676. The van der Waals surface area contributed by atoms with Gasteiger partial charge < -0.3 is 5.32 Å². The van der Waals surface area contributed by atoms with E-state index in [4.69, 9.17) is 0 Å². The molecule has 0 spiro atoms. The van der Waals surface area contributed by atoms with Gasteiger partial charge >= 0.3 is 0 Å². The van der Waals surface area contributed by atoms with E-state index in [9.17, 15) is 4.79 Å². The second-order valence-electron chi connectivity index (χ2n) is 4.63. The minimum Gasteiger partial charge on any atom is -0.348 e. The van der Waals surface area contributed by atoms with Gasteiger partial charge in [-0.3, -0.25) is 4.79 Å². The summed E-state index contributed by atoms with van der Waals surface area (Å²) in [5, 5.41) is 16.0. The van der Waals surface area contributed by atoms with Crippen molar-refractivity contribution in [2.45, 2.75) is 34.2 Å². The number of aromatic amines is 1. The zero-order valence-electron chi connectivity index (χ0n) is 9.53. The first kappa shape index (κ1) is 11.6. The molecular weight excluding hydrogens is 194 g/mol. The highest BCUT2D eigenvalue weighted by atomic mass is 16.1. The van der Waals surface area contributed by atoms with Gasteiger partial charge in [0, 0.05) is 5.92 Å². The average molecular weight is 211 g/mol. The Bertz CT molecular complexity index is 314. The normalized spacial score (nSPS) is 13.6. The monoisotopic (exact) mass is 211 g/mol. The van der Waals surface area contributed by atoms with Crippen LogP contribution in [-0.4, -0.2) is 26.5 Å². The van der Waals surface area contributed by atoms with Gasteiger partial charge in [0.15, 0.2) is 5.82 Å². The topological polar surface area (TPSA) is 83.6 Å². The molecule has 1 heterocycles. The molecule has 0 aliphatic heterocycles. The molecule has 0 radical (unpaired) electrons. The molecule has 0 aliphatic rings. The summed E-state index contributed by atoms with van der Waals surface area (Å²) in [6.07, 6.45) is 0. The lowest BCUT2D eigenvalue weighted by Crippen LogP contribution is -2.35. The van der Waals surface area contributed by atoms with Crippen LogP contribution in [0.3, 0.4) is 0 Å². The molecule has 84 valence electrons. The number of rotatable bonds is 3. The van der Waals surface area contributed by atoms with E-state index in [0.29, 0.717) is 12.4 Å². The van der Waals surface area contributed by atoms with Crippen LogP contribution in [0, 0.1) is 11.3 Å². The van der Waals surface area contributed by atoms with Crippen LogP contribution >= 0.6 is 0 Å². The maximum atomic E-state index is 11.7. The molecule has 15 heavy (non-hydrogen) atoms. The SMILES string of the molecule is CC(C(=O)NCc1nn[nH]n1)C(C)(C)C. The number of hydrogen-bond acceptors (Lipinski definition) is 4. The first-order valence-electron chi connectivity index (χ1n) is 4.91. The first-order chi connectivity index (χ1) is 6.91. The lowest BCUT2D eigenvalue weighted by Gasteiger charge is -2.25. The molecule has 0 saturated heterocycles. The van der Waals surface area contributed by atoms with E-state index in [0.717, 1.165) is 0 Å². The van der Waals surface area contributed by atoms with E-state index in [1.807, 2.05) is 27.7 Å². The van der Waals surface area contributed by atoms with E-state index >= 15 is 0 Å². The highest BCUT2D eigenvalue weighted by Crippen LogP contribution is 2.25. The number of nitrogens with zero attached hydrogens (tertiary/aromatic N) is 3. The molecule has 1 amide bonds. The number of nitrogens with one attached hydrogen (secondary N) is 2. The first-order valence-corrected chi connectivity index (χ1v) is 4.91. The van der Waals surface area contributed by atoms with Crippen molar-refractivity contribution < 1.29 is 4.79 Å². The predicted octanol–water partition coefficient (Wildman–Crippen LogP) is 0.498. The maximum Gasteiger partial charge on any atom is 0.223 e. The van der Waals surface area contributed by atoms with Gasteiger partial charge in [-0.05, 0) is 5.41 Å². The summed E-state index contributed by atoms with van der Waals surface area (Å²) in [5.41, 5.74) is -0.0403. The van der Waals surface area contributed by atoms with Crippen LogP contribution in [0.1, 0.15) is 33.5 Å². The number of carbonyl (C=O) groups excluding carboxylic acids is 1. The summed E-state index contributed by atoms with van der Waals surface area (Å²) < 4.78 is 0. The number of aromatic nitrogens is 4. The third kappa shape index (κ3) is 3.30. The summed E-state index contributed by atoms with van der Waals surface area (Å²) in [6, 6.07) is 0. The molecule has 0 fully saturated rings. The molecule has 1 rings (SSSR count). The summed E-state index contributed by atoms with van der Waals surface area (Å²) in [5.74, 6) is 0.446. The maximum absolute atomic E-state index is 11.7. The number of tetrazole rings is 1. The standard InChI is InChI=1S/C9H17N5O/c1-6(9(2,3)4)8(15)10-5-7-11-13-14-12-7/h6H,5H2,1-4H3,(H,10,15)(H,11,12,13,14). The minimum atomic E-state index is -0.0515. The zero-order chi connectivity index (χ0) is 11.5. The van der Waals surface area contributed by atoms with E-state index in [1.54, 1.807) is 0 Å². The average Bonchev–Trinajstić information content (AvgIpc) is 2.63. The molecule has 2 N–H and O–H groups in total. The van der Waals surface area contributed by atoms with E-state index in [2.05, 4.69) is 25.9 Å². The van der Waals surface area contributed by atoms with Crippen molar-refractivity contribution in [1.29, 1.82) is 0 Å². The smallest absolute Gasteiger partial charge is 0.223 e. The van der Waals surface area contributed by atoms with Gasteiger partial charge in [0.25, 0.3) is 0 Å². The quantitative estimate of drug-likeness (QED) is 0.762. The Morgan fingerprint density at radius 2 is 2.20 bits per heavy atom. The molecule has 1 aromatic heterocycles. The Morgan fingerprint density at radius 3 is 2.67 bits per heavy atom. The summed E-state index contributed by atoms with van der Waals surface area (Å²) in [4.78, 5) is 11.7. The molecule has 0 saturated carbocycles. The van der Waals surface area contributed by atoms with Crippen molar-refractivity contribution in [3.63, 3.8) is 0 Å². The van der Waals surface area contributed by atoms with Crippen LogP contribution in [0.15, 0.2) is 0 Å². The highest BCUT2D eigenvalue weighted by molar-refractivity contribution is 5.78. The highest BCUT2D eigenvalue weighted by Gasteiger charge is 2.26. The predicted molar refractivity (Wildman–Crippen MR) is 54.6 cm³/mol. The molecule has 0 bridgehead atoms. The molecular formula is C9H17N5O. The van der Waals surface area contributed by atoms with Crippen LogP contribution in [-0.2, 0) is 11.3 Å². The molecule has 1 aromatic rings. The van der Waals surface area contributed by atoms with E-state index in [1.165, 1.54) is 0 Å². The second kappa shape index (κ2) is 4.37.